The van der Waals surface area contributed by atoms with Gasteiger partial charge in [0, 0.05) is 5.69 Å². The molecule has 0 radical (unpaired) electrons. The second kappa shape index (κ2) is 5.40. The van der Waals surface area contributed by atoms with Crippen molar-refractivity contribution in [2.75, 3.05) is 4.72 Å². The van der Waals surface area contributed by atoms with Crippen molar-refractivity contribution in [3.63, 3.8) is 0 Å². The van der Waals surface area contributed by atoms with Gasteiger partial charge in [-0.25, -0.2) is 8.42 Å². The number of thiazole rings is 1. The SMILES string of the molecule is Cc1[nH]c(=O)sc1S(=O)(=O)Nc1ccc(C#N)c(C#N)c1. The molecule has 0 saturated heterocycles. The van der Waals surface area contributed by atoms with Crippen LogP contribution in [0.1, 0.15) is 16.8 Å². The Kier molecular flexibility index (Phi) is 3.80. The number of sulfonamides is 1. The first kappa shape index (κ1) is 14.8. The first-order valence-corrected chi connectivity index (χ1v) is 7.84. The number of anilines is 1. The van der Waals surface area contributed by atoms with Crippen LogP contribution in [-0.2, 0) is 10.0 Å². The predicted molar refractivity (Wildman–Crippen MR) is 76.4 cm³/mol. The Labute approximate surface area is 124 Å². The highest BCUT2D eigenvalue weighted by atomic mass is 32.2. The fourth-order valence-electron chi connectivity index (χ4n) is 1.65. The van der Waals surface area contributed by atoms with Crippen molar-refractivity contribution in [1.82, 2.24) is 4.98 Å². The molecule has 0 aliphatic carbocycles. The fraction of sp³-hybridized carbons (Fsp3) is 0.0833. The molecule has 0 bridgehead atoms. The van der Waals surface area contributed by atoms with E-state index in [0.29, 0.717) is 11.3 Å². The summed E-state index contributed by atoms with van der Waals surface area (Å²) >= 11 is 0.579. The van der Waals surface area contributed by atoms with Crippen LogP contribution >= 0.6 is 11.3 Å². The normalized spacial score (nSPS) is 10.6. The molecular formula is C12H8N4O3S2. The van der Waals surface area contributed by atoms with Gasteiger partial charge < -0.3 is 4.98 Å². The molecule has 9 heteroatoms. The average molecular weight is 320 g/mol. The van der Waals surface area contributed by atoms with Gasteiger partial charge in [-0.1, -0.05) is 11.3 Å². The molecule has 0 fully saturated rings. The Morgan fingerprint density at radius 2 is 1.90 bits per heavy atom. The molecule has 1 heterocycles. The monoisotopic (exact) mass is 320 g/mol. The van der Waals surface area contributed by atoms with E-state index in [0.717, 1.165) is 0 Å². The summed E-state index contributed by atoms with van der Waals surface area (Å²) in [7, 11) is -3.92. The Morgan fingerprint density at radius 3 is 2.43 bits per heavy atom. The third kappa shape index (κ3) is 2.94. The summed E-state index contributed by atoms with van der Waals surface area (Å²) in [5.41, 5.74) is 0.608. The molecular weight excluding hydrogens is 312 g/mol. The molecule has 0 unspecified atom stereocenters. The van der Waals surface area contributed by atoms with Gasteiger partial charge in [0.2, 0.25) is 0 Å². The van der Waals surface area contributed by atoms with E-state index in [9.17, 15) is 13.2 Å². The van der Waals surface area contributed by atoms with Crippen LogP contribution in [0.2, 0.25) is 0 Å². The highest BCUT2D eigenvalue weighted by molar-refractivity contribution is 7.94. The van der Waals surface area contributed by atoms with Crippen LogP contribution in [0.15, 0.2) is 27.2 Å². The second-order valence-electron chi connectivity index (χ2n) is 4.02. The summed E-state index contributed by atoms with van der Waals surface area (Å²) in [5, 5.41) is 17.7. The van der Waals surface area contributed by atoms with Crippen molar-refractivity contribution in [3.05, 3.63) is 44.7 Å². The second-order valence-corrected chi connectivity index (χ2v) is 6.88. The Balaban J connectivity index is 2.43. The summed E-state index contributed by atoms with van der Waals surface area (Å²) < 4.78 is 26.5. The Hall–Kier alpha value is -2.62. The number of aromatic nitrogens is 1. The van der Waals surface area contributed by atoms with Crippen LogP contribution < -0.4 is 9.60 Å². The molecule has 2 aromatic rings. The van der Waals surface area contributed by atoms with Crippen LogP contribution in [0.4, 0.5) is 5.69 Å². The van der Waals surface area contributed by atoms with E-state index >= 15 is 0 Å². The number of hydrogen-bond acceptors (Lipinski definition) is 6. The lowest BCUT2D eigenvalue weighted by atomic mass is 10.1. The number of benzene rings is 1. The van der Waals surface area contributed by atoms with Crippen LogP contribution in [-0.4, -0.2) is 13.4 Å². The van der Waals surface area contributed by atoms with Gasteiger partial charge in [0.05, 0.1) is 16.8 Å². The van der Waals surface area contributed by atoms with E-state index in [2.05, 4.69) is 9.71 Å². The number of nitrogens with one attached hydrogen (secondary N) is 2. The van der Waals surface area contributed by atoms with Crippen LogP contribution in [0.3, 0.4) is 0 Å². The Bertz CT molecular complexity index is 942. The lowest BCUT2D eigenvalue weighted by Gasteiger charge is -2.07. The van der Waals surface area contributed by atoms with Crippen molar-refractivity contribution >= 4 is 27.0 Å². The summed E-state index contributed by atoms with van der Waals surface area (Å²) in [4.78, 5) is 13.1. The van der Waals surface area contributed by atoms with E-state index in [-0.39, 0.29) is 26.7 Å². The van der Waals surface area contributed by atoms with E-state index in [1.165, 1.54) is 25.1 Å². The zero-order chi connectivity index (χ0) is 15.6. The fourth-order valence-corrected chi connectivity index (χ4v) is 4.00. The van der Waals surface area contributed by atoms with E-state index in [1.54, 1.807) is 0 Å². The molecule has 21 heavy (non-hydrogen) atoms. The summed E-state index contributed by atoms with van der Waals surface area (Å²) in [6, 6.07) is 7.65. The molecule has 0 spiro atoms. The zero-order valence-electron chi connectivity index (χ0n) is 10.7. The summed E-state index contributed by atoms with van der Waals surface area (Å²) in [6.45, 7) is 1.48. The minimum Gasteiger partial charge on any atom is -0.315 e. The largest absolute Gasteiger partial charge is 0.315 e. The van der Waals surface area contributed by atoms with Gasteiger partial charge in [-0.15, -0.1) is 0 Å². The lowest BCUT2D eigenvalue weighted by Crippen LogP contribution is -2.13. The number of H-pyrrole nitrogens is 1. The lowest BCUT2D eigenvalue weighted by molar-refractivity contribution is 0.602. The summed E-state index contributed by atoms with van der Waals surface area (Å²) in [5.74, 6) is 0. The number of nitriles is 2. The van der Waals surface area contributed by atoms with Gasteiger partial charge in [-0.3, -0.25) is 9.52 Å². The predicted octanol–water partition coefficient (Wildman–Crippen LogP) is 1.29. The molecule has 0 saturated carbocycles. The molecule has 7 nitrogen and oxygen atoms in total. The highest BCUT2D eigenvalue weighted by Crippen LogP contribution is 2.22. The zero-order valence-corrected chi connectivity index (χ0v) is 12.3. The van der Waals surface area contributed by atoms with Crippen LogP contribution in [0.25, 0.3) is 0 Å². The first-order chi connectivity index (χ1) is 9.87. The van der Waals surface area contributed by atoms with Crippen molar-refractivity contribution in [1.29, 1.82) is 10.5 Å². The number of hydrogen-bond donors (Lipinski definition) is 2. The molecule has 2 N–H and O–H groups in total. The maximum Gasteiger partial charge on any atom is 0.306 e. The maximum absolute atomic E-state index is 12.2. The molecule has 2 rings (SSSR count). The van der Waals surface area contributed by atoms with Gasteiger partial charge in [0.1, 0.15) is 12.1 Å². The molecule has 0 aliphatic rings. The van der Waals surface area contributed by atoms with Crippen molar-refractivity contribution in [2.45, 2.75) is 11.1 Å². The van der Waals surface area contributed by atoms with Crippen molar-refractivity contribution in [3.8, 4) is 12.1 Å². The van der Waals surface area contributed by atoms with Gasteiger partial charge in [-0.05, 0) is 25.1 Å². The molecule has 1 aromatic carbocycles. The third-order valence-corrected chi connectivity index (χ3v) is 5.52. The topological polar surface area (TPSA) is 127 Å². The van der Waals surface area contributed by atoms with Gasteiger partial charge >= 0.3 is 4.87 Å². The van der Waals surface area contributed by atoms with E-state index in [1.807, 2.05) is 12.1 Å². The first-order valence-electron chi connectivity index (χ1n) is 5.54. The third-order valence-electron chi connectivity index (χ3n) is 2.54. The molecule has 0 aliphatic heterocycles. The maximum atomic E-state index is 12.2. The Morgan fingerprint density at radius 1 is 1.24 bits per heavy atom. The average Bonchev–Trinajstić information content (AvgIpc) is 2.78. The van der Waals surface area contributed by atoms with Crippen LogP contribution in [0, 0.1) is 29.6 Å². The molecule has 0 atom stereocenters. The van der Waals surface area contributed by atoms with Gasteiger partial charge in [0.15, 0.2) is 4.21 Å². The number of rotatable bonds is 3. The van der Waals surface area contributed by atoms with Crippen molar-refractivity contribution < 1.29 is 8.42 Å². The van der Waals surface area contributed by atoms with E-state index < -0.39 is 14.9 Å². The minimum atomic E-state index is -3.92. The smallest absolute Gasteiger partial charge is 0.306 e. The van der Waals surface area contributed by atoms with Crippen molar-refractivity contribution in [2.24, 2.45) is 0 Å². The quantitative estimate of drug-likeness (QED) is 0.881. The van der Waals surface area contributed by atoms with Crippen LogP contribution in [0.5, 0.6) is 0 Å². The van der Waals surface area contributed by atoms with E-state index in [4.69, 9.17) is 10.5 Å². The number of aryl methyl sites for hydroxylation is 1. The van der Waals surface area contributed by atoms with Gasteiger partial charge in [0.25, 0.3) is 10.0 Å². The number of nitrogens with zero attached hydrogens (tertiary/aromatic N) is 2. The highest BCUT2D eigenvalue weighted by Gasteiger charge is 2.21. The summed E-state index contributed by atoms with van der Waals surface area (Å²) in [6.07, 6.45) is 0. The number of aromatic amines is 1. The minimum absolute atomic E-state index is 0.0664. The van der Waals surface area contributed by atoms with Gasteiger partial charge in [-0.2, -0.15) is 10.5 Å². The molecule has 0 amide bonds. The standard InChI is InChI=1S/C12H8N4O3S2/c1-7-11(20-12(17)15-7)21(18,19)16-10-3-2-8(5-13)9(4-10)6-14/h2-4,16H,1H3,(H,15,17). The molecule has 106 valence electrons. The molecule has 1 aromatic heterocycles.